The van der Waals surface area contributed by atoms with Crippen molar-refractivity contribution < 1.29 is 14.4 Å². The number of aryl methyl sites for hydroxylation is 7. The highest BCUT2D eigenvalue weighted by atomic mass is 32.2. The van der Waals surface area contributed by atoms with Gasteiger partial charge in [0, 0.05) is 102 Å². The molecule has 0 saturated carbocycles. The fourth-order valence-corrected chi connectivity index (χ4v) is 8.86. The number of nitrogens with zero attached hydrogens (tertiary/aromatic N) is 13. The molecule has 2 unspecified atom stereocenters. The number of aliphatic hydroxyl groups excluding tert-OH is 1. The van der Waals surface area contributed by atoms with Crippen LogP contribution in [0.2, 0.25) is 0 Å². The van der Waals surface area contributed by atoms with Crippen LogP contribution in [0.4, 0.5) is 29.0 Å². The molecule has 0 fully saturated rings. The second-order valence-corrected chi connectivity index (χ2v) is 20.8. The van der Waals surface area contributed by atoms with Crippen LogP contribution in [0, 0.1) is 37.8 Å². The third-order valence-corrected chi connectivity index (χ3v) is 13.3. The van der Waals surface area contributed by atoms with Gasteiger partial charge >= 0.3 is 0 Å². The molecule has 7 heterocycles. The van der Waals surface area contributed by atoms with E-state index in [2.05, 4.69) is 135 Å². The Labute approximate surface area is 503 Å². The van der Waals surface area contributed by atoms with E-state index in [-0.39, 0.29) is 47.1 Å². The Kier molecular flexibility index (Phi) is 37.0. The van der Waals surface area contributed by atoms with Crippen LogP contribution in [0.25, 0.3) is 11.5 Å². The number of nitro benzene ring substituents is 1. The highest BCUT2D eigenvalue weighted by Gasteiger charge is 2.16. The Bertz CT molecular complexity index is 2850. The minimum absolute atomic E-state index is 0. The van der Waals surface area contributed by atoms with E-state index in [1.807, 2.05) is 47.0 Å². The summed E-state index contributed by atoms with van der Waals surface area (Å²) in [7, 11) is 2.19. The van der Waals surface area contributed by atoms with Crippen LogP contribution in [-0.4, -0.2) is 123 Å². The van der Waals surface area contributed by atoms with Crippen molar-refractivity contribution in [2.45, 2.75) is 133 Å². The van der Waals surface area contributed by atoms with Gasteiger partial charge in [-0.05, 0) is 86.2 Å². The number of nitro groups is 1. The van der Waals surface area contributed by atoms with Crippen LogP contribution < -0.4 is 27.0 Å². The molecular weight excluding hydrogens is 1130 g/mol. The molecule has 22 nitrogen and oxygen atoms in total. The summed E-state index contributed by atoms with van der Waals surface area (Å²) in [5, 5.41) is 38.3. The molecule has 440 valence electrons. The second kappa shape index (κ2) is 41.7. The zero-order chi connectivity index (χ0) is 56.8. The first-order valence-corrected chi connectivity index (χ1v) is 28.9. The first-order valence-electron chi connectivity index (χ1n) is 25.3. The molecule has 0 radical (unpaired) electrons. The van der Waals surface area contributed by atoms with Gasteiger partial charge in [-0.3, -0.25) is 25.4 Å². The second-order valence-electron chi connectivity index (χ2n) is 16.0. The number of hydrogen-bond donors (Lipinski definition) is 8. The third-order valence-electron chi connectivity index (χ3n) is 10.2. The number of anilines is 4. The van der Waals surface area contributed by atoms with Gasteiger partial charge in [-0.25, -0.2) is 52.4 Å². The fraction of sp³-hybridized carbons (Fsp3) is 0.490. The predicted octanol–water partition coefficient (Wildman–Crippen LogP) is 10.7. The van der Waals surface area contributed by atoms with Crippen LogP contribution in [0.5, 0.6) is 0 Å². The quantitative estimate of drug-likeness (QED) is 0.00615. The van der Waals surface area contributed by atoms with Gasteiger partial charge in [0.25, 0.3) is 10.9 Å². The van der Waals surface area contributed by atoms with Crippen molar-refractivity contribution in [3.05, 3.63) is 105 Å². The summed E-state index contributed by atoms with van der Waals surface area (Å²) >= 11 is 12.8. The molecule has 0 spiro atoms. The monoisotopic (exact) mass is 1220 g/mol. The number of nitrogens with two attached hydrogens (primary N) is 1. The summed E-state index contributed by atoms with van der Waals surface area (Å²) in [6.07, 6.45) is 12.7. The molecule has 0 aliphatic carbocycles. The number of benzene rings is 1. The highest BCUT2D eigenvalue weighted by Crippen LogP contribution is 2.29. The molecule has 0 saturated heterocycles. The number of aromatic nitrogens is 10. The van der Waals surface area contributed by atoms with Gasteiger partial charge in [0.15, 0.2) is 10.3 Å². The number of amidine groups is 2. The average molecular weight is 1220 g/mol. The molecule has 0 bridgehead atoms. The van der Waals surface area contributed by atoms with Gasteiger partial charge in [-0.15, -0.1) is 22.8 Å². The van der Waals surface area contributed by atoms with Gasteiger partial charge in [-0.1, -0.05) is 85.8 Å². The summed E-state index contributed by atoms with van der Waals surface area (Å²) in [5.41, 5.74) is 10.1. The van der Waals surface area contributed by atoms with Crippen LogP contribution in [0.3, 0.4) is 0 Å². The molecule has 1 aromatic carbocycles. The number of non-ortho nitro benzene ring substituents is 1. The first-order chi connectivity index (χ1) is 37.5. The average Bonchev–Trinajstić information content (AvgIpc) is 3.98. The van der Waals surface area contributed by atoms with E-state index in [1.165, 1.54) is 30.3 Å². The number of hydrogen-bond acceptors (Lipinski definition) is 26. The zero-order valence-corrected chi connectivity index (χ0v) is 49.1. The lowest BCUT2D eigenvalue weighted by Gasteiger charge is -2.17. The summed E-state index contributed by atoms with van der Waals surface area (Å²) in [6, 6.07) is 5.97. The van der Waals surface area contributed by atoms with Crippen molar-refractivity contribution in [3.8, 4) is 11.5 Å². The van der Waals surface area contributed by atoms with E-state index in [0.29, 0.717) is 40.7 Å². The van der Waals surface area contributed by atoms with Crippen molar-refractivity contribution in [2.75, 3.05) is 59.4 Å². The molecule has 6 aromatic rings. The van der Waals surface area contributed by atoms with Gasteiger partial charge in [0.05, 0.1) is 4.92 Å². The SMILES string of the molecule is C.C.C.C.CCc1cnc(C)nc1N.CCc1cnc(C)nc1NC1=NCCCS1.Cc1ncc(CSc2nnc(-c3ccc([N+](=O)[O-])cc3)o2)c(NC2=NCCCS2)n1.[2H]B(P)S.[3H]OCCCNC(S)Nc1nc(C)ncc1CC. The number of nitrogen functional groups attached to an aromatic ring is 1. The van der Waals surface area contributed by atoms with E-state index in [9.17, 15) is 10.1 Å². The van der Waals surface area contributed by atoms with Crippen LogP contribution in [0.15, 0.2) is 68.7 Å². The summed E-state index contributed by atoms with van der Waals surface area (Å²) in [4.78, 5) is 53.2. The number of nitrogens with one attached hydrogen (secondary N) is 4. The standard InChI is InChI=1S/C18H17N7O3S2.C11H20N4OS.C11H16N4S.C7H11N3.4CH4.BH4PS/c1-11-20-9-13(15(21-11)22-17-19-7-2-8-29-17)10-30-18-24-23-16(28-18)12-3-5-14(6-4-12)25(26)27;1-3-9-7-13-8(2)14-10(9)15-11(17)12-5-4-6-16;1-3-9-7-13-8(2)14-10(9)15-11-12-5-4-6-16-11;1-3-6-4-9-5(2)10-7(6)8;;;;;2-1-3/h3-6,9H,2,7-8,10H2,1H3,(H,19,20,21,22);7,11-12,16-17H,3-6H2,1-2H3,(H,13,14,15);7H,3-6H2,1-2H3,(H,12,13,14,15);4H,3H2,1-2H3,(H2,8,9,10);4*1H4;1,3H,2H2/i;16T;;;;;;;1D. The smallest absolute Gasteiger partial charge is 0.277 e. The van der Waals surface area contributed by atoms with E-state index >= 15 is 0 Å². The lowest BCUT2D eigenvalue weighted by Crippen LogP contribution is -2.33. The Morgan fingerprint density at radius 3 is 1.76 bits per heavy atom. The highest BCUT2D eigenvalue weighted by molar-refractivity contribution is 8.20. The van der Waals surface area contributed by atoms with Crippen molar-refractivity contribution in [2.24, 2.45) is 9.98 Å². The molecule has 0 amide bonds. The van der Waals surface area contributed by atoms with Crippen LogP contribution in [0.1, 0.15) is 115 Å². The normalized spacial score (nSPS) is 12.7. The minimum atomic E-state index is -0.453. The Morgan fingerprint density at radius 1 is 0.812 bits per heavy atom. The number of aliphatic hydroxyl groups is 1. The van der Waals surface area contributed by atoms with E-state index < -0.39 is 4.92 Å². The molecule has 5 aromatic heterocycles. The fourth-order valence-electron chi connectivity index (χ4n) is 6.25. The predicted molar refractivity (Wildman–Crippen MR) is 350 cm³/mol. The molecular formula is C51H84BN18O4PS5. The van der Waals surface area contributed by atoms with Crippen LogP contribution in [-0.2, 0) is 25.0 Å². The van der Waals surface area contributed by atoms with Crippen molar-refractivity contribution in [1.29, 1.82) is 2.77 Å². The van der Waals surface area contributed by atoms with E-state index in [0.717, 1.165) is 131 Å². The van der Waals surface area contributed by atoms with Gasteiger partial charge in [0.1, 0.15) is 52.1 Å². The number of rotatable bonds is 17. The largest absolute Gasteiger partial charge is 0.411 e. The number of aliphatic imine (C=N–C) groups is 2. The van der Waals surface area contributed by atoms with Gasteiger partial charge in [0.2, 0.25) is 13.6 Å². The molecule has 2 aliphatic heterocycles. The molecule has 2 atom stereocenters. The van der Waals surface area contributed by atoms with Gasteiger partial charge < -0.3 is 31.2 Å². The van der Waals surface area contributed by atoms with Crippen molar-refractivity contribution in [1.82, 2.24) is 55.4 Å². The molecule has 29 heteroatoms. The van der Waals surface area contributed by atoms with Crippen molar-refractivity contribution >= 4 is 115 Å². The lowest BCUT2D eigenvalue weighted by atomic mass is 10.2. The number of thioether (sulfide) groups is 3. The van der Waals surface area contributed by atoms with E-state index in [1.54, 1.807) is 48.1 Å². The van der Waals surface area contributed by atoms with Crippen molar-refractivity contribution in [3.63, 3.8) is 0 Å². The van der Waals surface area contributed by atoms with Gasteiger partial charge in [-0.2, -0.15) is 9.12 Å². The van der Waals surface area contributed by atoms with E-state index in [4.69, 9.17) is 12.9 Å². The Balaban J connectivity index is 0.00000109. The molecule has 8 rings (SSSR count). The lowest BCUT2D eigenvalue weighted by molar-refractivity contribution is -0.384. The number of thiol groups is 2. The summed E-state index contributed by atoms with van der Waals surface area (Å²) in [5.74, 6) is 8.98. The maximum Gasteiger partial charge on any atom is 0.277 e. The molecule has 80 heavy (non-hydrogen) atoms. The maximum absolute atomic E-state index is 10.8. The summed E-state index contributed by atoms with van der Waals surface area (Å²) in [6.45, 7) is 16.5. The Hall–Kier alpha value is -5.22. The minimum Gasteiger partial charge on any atom is -0.411 e. The topological polar surface area (TPSA) is 304 Å². The zero-order valence-electron chi connectivity index (χ0n) is 45.7. The molecule has 2 aliphatic rings. The first kappa shape index (κ1) is 70.9. The molecule has 7 N–H and O–H groups in total. The maximum atomic E-state index is 10.8. The third kappa shape index (κ3) is 27.0. The van der Waals surface area contributed by atoms with Crippen LogP contribution >= 0.6 is 69.5 Å². The summed E-state index contributed by atoms with van der Waals surface area (Å²) < 4.78 is 18.7. The Morgan fingerprint density at radius 2 is 1.29 bits per heavy atom.